The van der Waals surface area contributed by atoms with Crippen molar-refractivity contribution in [3.8, 4) is 11.5 Å². The first-order valence-corrected chi connectivity index (χ1v) is 6.12. The Labute approximate surface area is 115 Å². The first-order valence-electron chi connectivity index (χ1n) is 6.12. The maximum absolute atomic E-state index is 11.9. The van der Waals surface area contributed by atoms with Gasteiger partial charge in [-0.1, -0.05) is 23.4 Å². The molecule has 0 bridgehead atoms. The summed E-state index contributed by atoms with van der Waals surface area (Å²) in [6, 6.07) is 14.2. The summed E-state index contributed by atoms with van der Waals surface area (Å²) >= 11 is 0. The number of benzene rings is 1. The molecule has 0 aliphatic rings. The Morgan fingerprint density at radius 3 is 2.65 bits per heavy atom. The van der Waals surface area contributed by atoms with Gasteiger partial charge >= 0.3 is 0 Å². The standard InChI is InChI=1S/C15H12N2O3/c1-10-7-8-13(19-10)12-9-14(20-17-12)16-15(18)11-5-3-2-4-6-11/h2-9H,1H3,(H,16,18). The van der Waals surface area contributed by atoms with Crippen molar-refractivity contribution in [1.29, 1.82) is 0 Å². The minimum Gasteiger partial charge on any atom is -0.460 e. The van der Waals surface area contributed by atoms with Gasteiger partial charge < -0.3 is 8.94 Å². The number of amides is 1. The summed E-state index contributed by atoms with van der Waals surface area (Å²) in [6.07, 6.45) is 0. The van der Waals surface area contributed by atoms with Gasteiger partial charge in [0.1, 0.15) is 5.76 Å². The smallest absolute Gasteiger partial charge is 0.258 e. The summed E-state index contributed by atoms with van der Waals surface area (Å²) in [4.78, 5) is 11.9. The monoisotopic (exact) mass is 268 g/mol. The fourth-order valence-corrected chi connectivity index (χ4v) is 1.80. The fraction of sp³-hybridized carbons (Fsp3) is 0.0667. The lowest BCUT2D eigenvalue weighted by atomic mass is 10.2. The molecule has 0 atom stereocenters. The van der Waals surface area contributed by atoms with Crippen LogP contribution < -0.4 is 5.32 Å². The number of carbonyl (C=O) groups excluding carboxylic acids is 1. The van der Waals surface area contributed by atoms with Gasteiger partial charge in [-0.3, -0.25) is 10.1 Å². The normalized spacial score (nSPS) is 10.4. The van der Waals surface area contributed by atoms with Crippen molar-refractivity contribution in [3.63, 3.8) is 0 Å². The molecule has 0 saturated heterocycles. The molecule has 5 heteroatoms. The average molecular weight is 268 g/mol. The van der Waals surface area contributed by atoms with E-state index in [0.717, 1.165) is 5.76 Å². The van der Waals surface area contributed by atoms with Crippen molar-refractivity contribution in [2.24, 2.45) is 0 Å². The minimum atomic E-state index is -0.246. The maximum atomic E-state index is 11.9. The molecule has 0 unspecified atom stereocenters. The van der Waals surface area contributed by atoms with Gasteiger partial charge in [0.15, 0.2) is 11.5 Å². The van der Waals surface area contributed by atoms with Gasteiger partial charge in [-0.05, 0) is 31.2 Å². The molecule has 0 fully saturated rings. The lowest BCUT2D eigenvalue weighted by molar-refractivity contribution is 0.102. The number of furan rings is 1. The van der Waals surface area contributed by atoms with Crippen molar-refractivity contribution in [2.45, 2.75) is 6.92 Å². The predicted molar refractivity (Wildman–Crippen MR) is 73.3 cm³/mol. The van der Waals surface area contributed by atoms with Gasteiger partial charge in [0, 0.05) is 11.6 Å². The van der Waals surface area contributed by atoms with Crippen LogP contribution in [0.25, 0.3) is 11.5 Å². The van der Waals surface area contributed by atoms with E-state index in [1.54, 1.807) is 36.4 Å². The van der Waals surface area contributed by atoms with E-state index >= 15 is 0 Å². The van der Waals surface area contributed by atoms with E-state index in [1.165, 1.54) is 0 Å². The van der Waals surface area contributed by atoms with Crippen LogP contribution in [0.3, 0.4) is 0 Å². The first kappa shape index (κ1) is 12.2. The lowest BCUT2D eigenvalue weighted by Gasteiger charge is -1.99. The number of aryl methyl sites for hydroxylation is 1. The Bertz CT molecular complexity index is 728. The number of anilines is 1. The summed E-state index contributed by atoms with van der Waals surface area (Å²) in [5.41, 5.74) is 1.10. The van der Waals surface area contributed by atoms with Crippen molar-refractivity contribution in [1.82, 2.24) is 5.16 Å². The molecule has 0 aliphatic carbocycles. The molecule has 0 spiro atoms. The highest BCUT2D eigenvalue weighted by atomic mass is 16.5. The van der Waals surface area contributed by atoms with E-state index in [2.05, 4.69) is 10.5 Å². The van der Waals surface area contributed by atoms with Crippen LogP contribution in [0.2, 0.25) is 0 Å². The van der Waals surface area contributed by atoms with Gasteiger partial charge in [-0.2, -0.15) is 0 Å². The second-order valence-electron chi connectivity index (χ2n) is 4.31. The summed E-state index contributed by atoms with van der Waals surface area (Å²) in [5, 5.41) is 6.51. The number of rotatable bonds is 3. The molecule has 1 aromatic carbocycles. The van der Waals surface area contributed by atoms with Crippen LogP contribution in [-0.4, -0.2) is 11.1 Å². The van der Waals surface area contributed by atoms with Crippen LogP contribution in [0.15, 0.2) is 57.5 Å². The van der Waals surface area contributed by atoms with Gasteiger partial charge in [0.25, 0.3) is 5.91 Å². The van der Waals surface area contributed by atoms with Gasteiger partial charge in [-0.15, -0.1) is 0 Å². The molecule has 0 saturated carbocycles. The lowest BCUT2D eigenvalue weighted by Crippen LogP contribution is -2.10. The highest BCUT2D eigenvalue weighted by molar-refractivity contribution is 6.03. The zero-order chi connectivity index (χ0) is 13.9. The molecule has 2 heterocycles. The topological polar surface area (TPSA) is 68.3 Å². The molecule has 20 heavy (non-hydrogen) atoms. The molecule has 3 aromatic rings. The average Bonchev–Trinajstić information content (AvgIpc) is 3.09. The van der Waals surface area contributed by atoms with E-state index in [9.17, 15) is 4.79 Å². The van der Waals surface area contributed by atoms with Gasteiger partial charge in [0.2, 0.25) is 5.88 Å². The van der Waals surface area contributed by atoms with Gasteiger partial charge in [-0.25, -0.2) is 0 Å². The summed E-state index contributed by atoms with van der Waals surface area (Å²) in [6.45, 7) is 1.85. The van der Waals surface area contributed by atoms with Gasteiger partial charge in [0.05, 0.1) is 0 Å². The van der Waals surface area contributed by atoms with E-state index in [0.29, 0.717) is 17.0 Å². The second kappa shape index (κ2) is 5.05. The number of aromatic nitrogens is 1. The van der Waals surface area contributed by atoms with Crippen LogP contribution in [0.1, 0.15) is 16.1 Å². The molecule has 2 aromatic heterocycles. The Morgan fingerprint density at radius 2 is 1.95 bits per heavy atom. The highest BCUT2D eigenvalue weighted by Crippen LogP contribution is 2.23. The summed E-state index contributed by atoms with van der Waals surface area (Å²) < 4.78 is 10.5. The molecule has 1 amide bonds. The van der Waals surface area contributed by atoms with E-state index in [4.69, 9.17) is 8.94 Å². The van der Waals surface area contributed by atoms with Crippen molar-refractivity contribution in [3.05, 3.63) is 59.9 Å². The van der Waals surface area contributed by atoms with Crippen molar-refractivity contribution in [2.75, 3.05) is 5.32 Å². The third-order valence-electron chi connectivity index (χ3n) is 2.78. The SMILES string of the molecule is Cc1ccc(-c2cc(NC(=O)c3ccccc3)on2)o1. The fourth-order valence-electron chi connectivity index (χ4n) is 1.80. The number of nitrogens with one attached hydrogen (secondary N) is 1. The Morgan fingerprint density at radius 1 is 1.15 bits per heavy atom. The van der Waals surface area contributed by atoms with E-state index in [1.807, 2.05) is 19.1 Å². The quantitative estimate of drug-likeness (QED) is 0.789. The molecule has 1 N–H and O–H groups in total. The number of carbonyl (C=O) groups is 1. The molecular formula is C15H12N2O3. The molecular weight excluding hydrogens is 256 g/mol. The first-order chi connectivity index (χ1) is 9.72. The number of hydrogen-bond donors (Lipinski definition) is 1. The predicted octanol–water partition coefficient (Wildman–Crippen LogP) is 3.50. The molecule has 3 rings (SSSR count). The molecule has 0 radical (unpaired) electrons. The second-order valence-corrected chi connectivity index (χ2v) is 4.31. The third kappa shape index (κ3) is 2.47. The molecule has 100 valence electrons. The van der Waals surface area contributed by atoms with E-state index < -0.39 is 0 Å². The van der Waals surface area contributed by atoms with Crippen LogP contribution in [0.4, 0.5) is 5.88 Å². The van der Waals surface area contributed by atoms with Crippen LogP contribution in [0, 0.1) is 6.92 Å². The Kier molecular flexibility index (Phi) is 3.09. The molecule has 5 nitrogen and oxygen atoms in total. The van der Waals surface area contributed by atoms with Crippen LogP contribution >= 0.6 is 0 Å². The van der Waals surface area contributed by atoms with E-state index in [-0.39, 0.29) is 11.8 Å². The highest BCUT2D eigenvalue weighted by Gasteiger charge is 2.12. The van der Waals surface area contributed by atoms with Crippen molar-refractivity contribution < 1.29 is 13.7 Å². The van der Waals surface area contributed by atoms with Crippen LogP contribution in [-0.2, 0) is 0 Å². The third-order valence-corrected chi connectivity index (χ3v) is 2.78. The maximum Gasteiger partial charge on any atom is 0.258 e. The Balaban J connectivity index is 1.76. The number of nitrogens with zero attached hydrogens (tertiary/aromatic N) is 1. The number of hydrogen-bond acceptors (Lipinski definition) is 4. The summed E-state index contributed by atoms with van der Waals surface area (Å²) in [5.74, 6) is 1.43. The van der Waals surface area contributed by atoms with Crippen LogP contribution in [0.5, 0.6) is 0 Å². The van der Waals surface area contributed by atoms with Crippen molar-refractivity contribution >= 4 is 11.8 Å². The Hall–Kier alpha value is -2.82. The molecule has 0 aliphatic heterocycles. The zero-order valence-electron chi connectivity index (χ0n) is 10.8. The largest absolute Gasteiger partial charge is 0.460 e. The summed E-state index contributed by atoms with van der Waals surface area (Å²) in [7, 11) is 0. The zero-order valence-corrected chi connectivity index (χ0v) is 10.8. The minimum absolute atomic E-state index is 0.246.